The molecule has 2 N–H and O–H groups in total. The predicted octanol–water partition coefficient (Wildman–Crippen LogP) is 5.27. The molecular weight excluding hydrogens is 386 g/mol. The number of aromatic hydroxyl groups is 1. The number of nitrogens with zero attached hydrogens (tertiary/aromatic N) is 2. The van der Waals surface area contributed by atoms with Gasteiger partial charge in [0.15, 0.2) is 5.69 Å². The molecule has 6 nitrogen and oxygen atoms in total. The second kappa shape index (κ2) is 7.06. The summed E-state index contributed by atoms with van der Waals surface area (Å²) in [5.74, 6) is 0.0627. The highest BCUT2D eigenvalue weighted by atomic mass is 79.9. The number of H-pyrrole nitrogens is 1. The number of aryl methyl sites for hydroxylation is 1. The van der Waals surface area contributed by atoms with Crippen molar-refractivity contribution in [1.29, 1.82) is 0 Å². The number of azo groups is 1. The molecule has 2 aromatic carbocycles. The van der Waals surface area contributed by atoms with Gasteiger partial charge in [-0.25, -0.2) is 0 Å². The number of aromatic amines is 1. The van der Waals surface area contributed by atoms with E-state index in [-0.39, 0.29) is 11.6 Å². The second-order valence-electron chi connectivity index (χ2n) is 5.43. The van der Waals surface area contributed by atoms with Crippen molar-refractivity contribution in [3.8, 4) is 11.6 Å². The number of halogens is 1. The lowest BCUT2D eigenvalue weighted by atomic mass is 10.1. The molecule has 0 saturated heterocycles. The Hall–Kier alpha value is -2.67. The number of fused-ring (bicyclic) bond motifs is 1. The number of rotatable bonds is 4. The molecule has 1 aromatic heterocycles. The van der Waals surface area contributed by atoms with Crippen LogP contribution in [0.2, 0.25) is 0 Å². The number of carbonyl (C=O) groups is 1. The molecule has 0 bridgehead atoms. The van der Waals surface area contributed by atoms with Crippen LogP contribution < -0.4 is 4.74 Å². The summed E-state index contributed by atoms with van der Waals surface area (Å²) in [5.41, 5.74) is 2.33. The minimum absolute atomic E-state index is 0.129. The van der Waals surface area contributed by atoms with Crippen LogP contribution in [-0.2, 0) is 0 Å². The fraction of sp³-hybridized carbons (Fsp3) is 0.167. The van der Waals surface area contributed by atoms with Crippen LogP contribution in [0.5, 0.6) is 11.6 Å². The van der Waals surface area contributed by atoms with Crippen molar-refractivity contribution in [2.24, 2.45) is 10.2 Å². The Morgan fingerprint density at radius 2 is 2.00 bits per heavy atom. The number of ether oxygens (including phenoxy) is 1. The first-order valence-corrected chi connectivity index (χ1v) is 8.48. The standard InChI is InChI=1S/C18H16BrN3O3/c1-3-25-12-6-4-11(5-7-12)17(23)22-21-16-13-8-10(2)14(19)9-15(13)20-18(16)24/h4-9,20,24H,3H2,1-2H3. The first kappa shape index (κ1) is 17.2. The van der Waals surface area contributed by atoms with Gasteiger partial charge in [0.25, 0.3) is 5.91 Å². The molecule has 0 atom stereocenters. The van der Waals surface area contributed by atoms with E-state index in [1.807, 2.05) is 26.0 Å². The third kappa shape index (κ3) is 3.56. The molecule has 0 aliphatic rings. The topological polar surface area (TPSA) is 87.0 Å². The maximum atomic E-state index is 12.2. The highest BCUT2D eigenvalue weighted by Gasteiger charge is 2.13. The van der Waals surface area contributed by atoms with Crippen molar-refractivity contribution in [2.45, 2.75) is 13.8 Å². The van der Waals surface area contributed by atoms with Gasteiger partial charge in [0.2, 0.25) is 5.88 Å². The van der Waals surface area contributed by atoms with Gasteiger partial charge >= 0.3 is 0 Å². The number of benzene rings is 2. The van der Waals surface area contributed by atoms with E-state index in [1.54, 1.807) is 24.3 Å². The minimum Gasteiger partial charge on any atom is -0.494 e. The Kier molecular flexibility index (Phi) is 4.85. The summed E-state index contributed by atoms with van der Waals surface area (Å²) in [6, 6.07) is 10.4. The molecule has 25 heavy (non-hydrogen) atoms. The van der Waals surface area contributed by atoms with Gasteiger partial charge in [0.05, 0.1) is 12.1 Å². The predicted molar refractivity (Wildman–Crippen MR) is 98.9 cm³/mol. The molecule has 0 unspecified atom stereocenters. The Bertz CT molecular complexity index is 962. The van der Waals surface area contributed by atoms with Crippen molar-refractivity contribution >= 4 is 38.4 Å². The average Bonchev–Trinajstić information content (AvgIpc) is 2.88. The molecule has 0 fully saturated rings. The van der Waals surface area contributed by atoms with Crippen molar-refractivity contribution < 1.29 is 14.6 Å². The third-order valence-corrected chi connectivity index (χ3v) is 4.54. The monoisotopic (exact) mass is 401 g/mol. The van der Waals surface area contributed by atoms with Crippen molar-refractivity contribution in [3.05, 3.63) is 52.0 Å². The van der Waals surface area contributed by atoms with Crippen molar-refractivity contribution in [3.63, 3.8) is 0 Å². The quantitative estimate of drug-likeness (QED) is 0.583. The number of aromatic nitrogens is 1. The van der Waals surface area contributed by atoms with Crippen LogP contribution in [0.1, 0.15) is 22.8 Å². The normalized spacial score (nSPS) is 11.3. The second-order valence-corrected chi connectivity index (χ2v) is 6.29. The molecule has 0 aliphatic carbocycles. The fourth-order valence-electron chi connectivity index (χ4n) is 2.41. The van der Waals surface area contributed by atoms with Crippen LogP contribution >= 0.6 is 15.9 Å². The van der Waals surface area contributed by atoms with Gasteiger partial charge in [-0.2, -0.15) is 0 Å². The highest BCUT2D eigenvalue weighted by Crippen LogP contribution is 2.37. The van der Waals surface area contributed by atoms with E-state index in [1.165, 1.54) is 0 Å². The van der Waals surface area contributed by atoms with E-state index >= 15 is 0 Å². The fourth-order valence-corrected chi connectivity index (χ4v) is 2.75. The number of nitrogens with one attached hydrogen (secondary N) is 1. The summed E-state index contributed by atoms with van der Waals surface area (Å²) in [7, 11) is 0. The number of carbonyl (C=O) groups excluding carboxylic acids is 1. The Morgan fingerprint density at radius 3 is 2.68 bits per heavy atom. The molecule has 128 valence electrons. The van der Waals surface area contributed by atoms with Gasteiger partial charge in [-0.3, -0.25) is 4.79 Å². The molecule has 0 radical (unpaired) electrons. The van der Waals surface area contributed by atoms with Crippen LogP contribution in [0, 0.1) is 6.92 Å². The zero-order valence-electron chi connectivity index (χ0n) is 13.7. The summed E-state index contributed by atoms with van der Waals surface area (Å²) in [6.07, 6.45) is 0. The molecule has 1 heterocycles. The summed E-state index contributed by atoms with van der Waals surface area (Å²) in [6.45, 7) is 4.38. The van der Waals surface area contributed by atoms with E-state index < -0.39 is 5.91 Å². The zero-order chi connectivity index (χ0) is 18.0. The SMILES string of the molecule is CCOc1ccc(C(=O)N=Nc2c(O)[nH]c3cc(Br)c(C)cc23)cc1. The van der Waals surface area contributed by atoms with E-state index in [0.29, 0.717) is 28.8 Å². The van der Waals surface area contributed by atoms with Gasteiger partial charge in [-0.1, -0.05) is 15.9 Å². The van der Waals surface area contributed by atoms with Crippen LogP contribution in [0.3, 0.4) is 0 Å². The summed E-state index contributed by atoms with van der Waals surface area (Å²) >= 11 is 3.44. The molecule has 3 aromatic rings. The first-order valence-electron chi connectivity index (χ1n) is 7.69. The maximum Gasteiger partial charge on any atom is 0.295 e. The summed E-state index contributed by atoms with van der Waals surface area (Å²) in [5, 5.41) is 18.4. The third-order valence-electron chi connectivity index (χ3n) is 3.68. The number of amides is 1. The largest absolute Gasteiger partial charge is 0.494 e. The van der Waals surface area contributed by atoms with E-state index in [4.69, 9.17) is 4.74 Å². The van der Waals surface area contributed by atoms with E-state index in [9.17, 15) is 9.90 Å². The molecule has 0 spiro atoms. The van der Waals surface area contributed by atoms with Crippen LogP contribution in [-0.4, -0.2) is 22.6 Å². The van der Waals surface area contributed by atoms with Crippen LogP contribution in [0.4, 0.5) is 5.69 Å². The molecular formula is C18H16BrN3O3. The first-order chi connectivity index (χ1) is 12.0. The van der Waals surface area contributed by atoms with Gasteiger partial charge in [0.1, 0.15) is 5.75 Å². The number of hydrogen-bond donors (Lipinski definition) is 2. The molecule has 3 rings (SSSR count). The minimum atomic E-state index is -0.495. The molecule has 1 amide bonds. The highest BCUT2D eigenvalue weighted by molar-refractivity contribution is 9.10. The van der Waals surface area contributed by atoms with Crippen molar-refractivity contribution in [1.82, 2.24) is 4.98 Å². The summed E-state index contributed by atoms with van der Waals surface area (Å²) < 4.78 is 6.25. The summed E-state index contributed by atoms with van der Waals surface area (Å²) in [4.78, 5) is 15.0. The molecule has 7 heteroatoms. The smallest absolute Gasteiger partial charge is 0.295 e. The Balaban J connectivity index is 1.88. The van der Waals surface area contributed by atoms with E-state index in [2.05, 4.69) is 31.1 Å². The molecule has 0 aliphatic heterocycles. The van der Waals surface area contributed by atoms with Crippen LogP contribution in [0.15, 0.2) is 51.1 Å². The Labute approximate surface area is 152 Å². The van der Waals surface area contributed by atoms with E-state index in [0.717, 1.165) is 10.0 Å². The maximum absolute atomic E-state index is 12.2. The van der Waals surface area contributed by atoms with Crippen LogP contribution in [0.25, 0.3) is 10.9 Å². The van der Waals surface area contributed by atoms with Crippen molar-refractivity contribution in [2.75, 3.05) is 6.61 Å². The Morgan fingerprint density at radius 1 is 1.28 bits per heavy atom. The van der Waals surface area contributed by atoms with Gasteiger partial charge in [0, 0.05) is 15.4 Å². The zero-order valence-corrected chi connectivity index (χ0v) is 15.3. The average molecular weight is 402 g/mol. The lowest BCUT2D eigenvalue weighted by molar-refractivity contribution is 0.0995. The lowest BCUT2D eigenvalue weighted by Crippen LogP contribution is -1.95. The number of hydrogen-bond acceptors (Lipinski definition) is 4. The lowest BCUT2D eigenvalue weighted by Gasteiger charge is -2.02. The molecule has 0 saturated carbocycles. The van der Waals surface area contributed by atoms with Gasteiger partial charge < -0.3 is 14.8 Å². The van der Waals surface area contributed by atoms with Gasteiger partial charge in [-0.15, -0.1) is 10.2 Å². The van der Waals surface area contributed by atoms with Gasteiger partial charge in [-0.05, 0) is 55.8 Å².